The summed E-state index contributed by atoms with van der Waals surface area (Å²) in [6.45, 7) is 22.5. The first-order chi connectivity index (χ1) is 25.7. The summed E-state index contributed by atoms with van der Waals surface area (Å²) in [7, 11) is 1.96. The number of aliphatic hydroxyl groups is 1. The van der Waals surface area contributed by atoms with Crippen LogP contribution >= 0.6 is 0 Å². The number of hydrogen-bond donors (Lipinski definition) is 3. The van der Waals surface area contributed by atoms with Crippen molar-refractivity contribution in [3.05, 3.63) is 41.2 Å². The number of ketones is 1. The molecule has 0 unspecified atom stereocenters. The molecule has 0 saturated heterocycles. The monoisotopic (exact) mass is 762 g/mol. The first kappa shape index (κ1) is 42.0. The standard InChI is InChI=1S/C46H71N3O6/c1-29(2)38-32(50)24-46(35(51)28-49(23-22-47-10)27-30-12-11-21-48-26-30)20-19-44(8)31(39(38)46)13-14-34-43(7)17-16-36(55-37(52)25-41(3,4)40(53)54)42(5,6)33(43)15-18-45(34,44)9/h11-12,21,26,29,31,33-36,47,51H,13-20,22-25,27-28H2,1-10H3,(H,53,54)/t31-,33+,34-,35+,36+,43+,44-,45-,46+/m1/s1. The molecule has 0 amide bonds. The van der Waals surface area contributed by atoms with Gasteiger partial charge in [0.15, 0.2) is 5.78 Å². The van der Waals surface area contributed by atoms with Crippen LogP contribution in [-0.4, -0.2) is 76.7 Å². The minimum absolute atomic E-state index is 0.0232. The average molecular weight is 762 g/mol. The molecule has 1 aromatic rings. The number of aliphatic carboxylic acids is 1. The number of aliphatic hydroxyl groups excluding tert-OH is 1. The lowest BCUT2D eigenvalue weighted by Gasteiger charge is -2.72. The maximum absolute atomic E-state index is 14.2. The highest BCUT2D eigenvalue weighted by Crippen LogP contribution is 2.77. The highest BCUT2D eigenvalue weighted by Gasteiger charge is 2.71. The normalized spacial score (nSPS) is 36.2. The molecule has 5 aliphatic rings. The molecule has 0 bridgehead atoms. The molecule has 9 atom stereocenters. The molecule has 0 spiro atoms. The number of Topliss-reactive ketones (excluding diaryl/α,β-unsaturated/α-hetero) is 1. The smallest absolute Gasteiger partial charge is 0.309 e. The number of nitrogens with zero attached hydrogens (tertiary/aromatic N) is 2. The number of pyridine rings is 1. The topological polar surface area (TPSA) is 129 Å². The Morgan fingerprint density at radius 2 is 1.75 bits per heavy atom. The Bertz CT molecular complexity index is 1660. The molecule has 9 heteroatoms. The van der Waals surface area contributed by atoms with Crippen LogP contribution in [0.1, 0.15) is 132 Å². The van der Waals surface area contributed by atoms with Gasteiger partial charge in [-0.25, -0.2) is 0 Å². The number of esters is 1. The molecule has 4 saturated carbocycles. The highest BCUT2D eigenvalue weighted by molar-refractivity contribution is 6.00. The number of carboxylic acid groups (broad SMARTS) is 1. The summed E-state index contributed by atoms with van der Waals surface area (Å²) in [5, 5.41) is 25.5. The van der Waals surface area contributed by atoms with E-state index in [-0.39, 0.29) is 51.8 Å². The van der Waals surface area contributed by atoms with Crippen molar-refractivity contribution in [3.8, 4) is 0 Å². The first-order valence-electron chi connectivity index (χ1n) is 21.3. The number of likely N-dealkylation sites (N-methyl/N-ethyl adjacent to an activating group) is 1. The largest absolute Gasteiger partial charge is 0.481 e. The summed E-state index contributed by atoms with van der Waals surface area (Å²) < 4.78 is 6.19. The molecule has 1 heterocycles. The van der Waals surface area contributed by atoms with E-state index in [0.717, 1.165) is 75.6 Å². The van der Waals surface area contributed by atoms with Crippen LogP contribution in [0.25, 0.3) is 0 Å². The minimum atomic E-state index is -1.17. The van der Waals surface area contributed by atoms with E-state index in [1.165, 1.54) is 5.57 Å². The van der Waals surface area contributed by atoms with Crippen molar-refractivity contribution in [2.24, 2.45) is 56.2 Å². The molecule has 306 valence electrons. The van der Waals surface area contributed by atoms with E-state index in [0.29, 0.717) is 31.3 Å². The molecule has 1 aromatic heterocycles. The number of aromatic nitrogens is 1. The summed E-state index contributed by atoms with van der Waals surface area (Å²) >= 11 is 0. The second kappa shape index (κ2) is 15.0. The lowest BCUT2D eigenvalue weighted by atomic mass is 9.33. The van der Waals surface area contributed by atoms with Gasteiger partial charge in [-0.2, -0.15) is 0 Å². The quantitative estimate of drug-likeness (QED) is 0.172. The van der Waals surface area contributed by atoms with Crippen molar-refractivity contribution in [2.75, 3.05) is 26.7 Å². The SMILES string of the molecule is CNCCN(Cc1cccnc1)C[C@H](O)[C@@]12CC[C@]3(C)[C@H](CC[C@@H]4[C@@]5(C)CC[C@H](OC(=O)CC(C)(C)C(=O)O)C(C)(C)[C@@H]5CC[C@]43C)C1=C(C(C)C)C(=O)C2. The third-order valence-electron chi connectivity index (χ3n) is 16.7. The lowest BCUT2D eigenvalue weighted by Crippen LogP contribution is -2.66. The van der Waals surface area contributed by atoms with Gasteiger partial charge in [0.1, 0.15) is 6.10 Å². The van der Waals surface area contributed by atoms with Crippen LogP contribution in [0.15, 0.2) is 35.7 Å². The molecule has 0 aliphatic heterocycles. The van der Waals surface area contributed by atoms with Crippen molar-refractivity contribution < 1.29 is 29.3 Å². The van der Waals surface area contributed by atoms with Crippen LogP contribution in [0, 0.1) is 56.2 Å². The molecule has 5 aliphatic carbocycles. The lowest BCUT2D eigenvalue weighted by molar-refractivity contribution is -0.235. The summed E-state index contributed by atoms with van der Waals surface area (Å²) in [6, 6.07) is 4.06. The van der Waals surface area contributed by atoms with Crippen LogP contribution < -0.4 is 5.32 Å². The van der Waals surface area contributed by atoms with E-state index < -0.39 is 28.9 Å². The van der Waals surface area contributed by atoms with E-state index in [1.807, 2.05) is 19.3 Å². The molecule has 55 heavy (non-hydrogen) atoms. The Kier molecular flexibility index (Phi) is 11.4. The van der Waals surface area contributed by atoms with Crippen LogP contribution in [0.5, 0.6) is 0 Å². The van der Waals surface area contributed by atoms with Gasteiger partial charge in [-0.05, 0) is 129 Å². The zero-order valence-corrected chi connectivity index (χ0v) is 35.6. The number of carboxylic acids is 1. The maximum Gasteiger partial charge on any atom is 0.309 e. The van der Waals surface area contributed by atoms with Crippen molar-refractivity contribution in [1.29, 1.82) is 0 Å². The summed E-state index contributed by atoms with van der Waals surface area (Å²) in [5.74, 6) is 0.0293. The van der Waals surface area contributed by atoms with Gasteiger partial charge in [0, 0.05) is 55.8 Å². The molecule has 0 aromatic carbocycles. The Hall–Kier alpha value is -2.62. The second-order valence-corrected chi connectivity index (χ2v) is 20.8. The van der Waals surface area contributed by atoms with Gasteiger partial charge >= 0.3 is 11.9 Å². The number of ether oxygens (including phenoxy) is 1. The van der Waals surface area contributed by atoms with Crippen LogP contribution in [-0.2, 0) is 25.7 Å². The third-order valence-corrected chi connectivity index (χ3v) is 16.7. The van der Waals surface area contributed by atoms with Gasteiger partial charge in [-0.3, -0.25) is 24.3 Å². The number of rotatable bonds is 13. The van der Waals surface area contributed by atoms with E-state index in [2.05, 4.69) is 69.7 Å². The summed E-state index contributed by atoms with van der Waals surface area (Å²) in [5.41, 5.74) is 1.54. The van der Waals surface area contributed by atoms with Crippen molar-refractivity contribution in [1.82, 2.24) is 15.2 Å². The summed E-state index contributed by atoms with van der Waals surface area (Å²) in [4.78, 5) is 45.8. The molecule has 6 rings (SSSR count). The van der Waals surface area contributed by atoms with Crippen LogP contribution in [0.3, 0.4) is 0 Å². The number of carbonyl (C=O) groups excluding carboxylic acids is 2. The van der Waals surface area contributed by atoms with Crippen molar-refractivity contribution in [3.63, 3.8) is 0 Å². The van der Waals surface area contributed by atoms with Crippen LogP contribution in [0.2, 0.25) is 0 Å². The molecule has 4 fully saturated rings. The average Bonchev–Trinajstić information content (AvgIpc) is 3.42. The number of nitrogens with one attached hydrogen (secondary N) is 1. The highest BCUT2D eigenvalue weighted by atomic mass is 16.5. The molecule has 3 N–H and O–H groups in total. The summed E-state index contributed by atoms with van der Waals surface area (Å²) in [6.07, 6.45) is 10.9. The van der Waals surface area contributed by atoms with Gasteiger partial charge in [0.25, 0.3) is 0 Å². The predicted octanol–water partition coefficient (Wildman–Crippen LogP) is 7.86. The van der Waals surface area contributed by atoms with Crippen LogP contribution in [0.4, 0.5) is 0 Å². The van der Waals surface area contributed by atoms with E-state index in [4.69, 9.17) is 4.74 Å². The van der Waals surface area contributed by atoms with Gasteiger partial charge in [-0.15, -0.1) is 0 Å². The first-order valence-corrected chi connectivity index (χ1v) is 21.3. The number of allylic oxidation sites excluding steroid dienone is 1. The Morgan fingerprint density at radius 1 is 1.02 bits per heavy atom. The van der Waals surface area contributed by atoms with E-state index in [1.54, 1.807) is 20.0 Å². The number of hydrogen-bond acceptors (Lipinski definition) is 8. The van der Waals surface area contributed by atoms with Gasteiger partial charge < -0.3 is 20.3 Å². The van der Waals surface area contributed by atoms with Gasteiger partial charge in [0.2, 0.25) is 0 Å². The minimum Gasteiger partial charge on any atom is -0.481 e. The van der Waals surface area contributed by atoms with E-state index >= 15 is 0 Å². The number of fused-ring (bicyclic) bond motifs is 7. The van der Waals surface area contributed by atoms with Gasteiger partial charge in [-0.1, -0.05) is 60.1 Å². The zero-order valence-electron chi connectivity index (χ0n) is 35.6. The molecule has 0 radical (unpaired) electrons. The third kappa shape index (κ3) is 6.94. The van der Waals surface area contributed by atoms with Crippen molar-refractivity contribution in [2.45, 2.75) is 145 Å². The molecular formula is C46H71N3O6. The fraction of sp³-hybridized carbons (Fsp3) is 0.783. The predicted molar refractivity (Wildman–Crippen MR) is 215 cm³/mol. The Morgan fingerprint density at radius 3 is 2.38 bits per heavy atom. The zero-order chi connectivity index (χ0) is 40.4. The molecular weight excluding hydrogens is 691 g/mol. The number of carbonyl (C=O) groups is 3. The fourth-order valence-electron chi connectivity index (χ4n) is 13.6. The Balaban J connectivity index is 1.28. The molecule has 9 nitrogen and oxygen atoms in total. The Labute approximate surface area is 330 Å². The fourth-order valence-corrected chi connectivity index (χ4v) is 13.6. The maximum atomic E-state index is 14.2. The van der Waals surface area contributed by atoms with Crippen molar-refractivity contribution >= 4 is 17.7 Å². The second-order valence-electron chi connectivity index (χ2n) is 20.8. The van der Waals surface area contributed by atoms with Gasteiger partial charge in [0.05, 0.1) is 17.9 Å². The van der Waals surface area contributed by atoms with E-state index in [9.17, 15) is 24.6 Å².